The molecular formula is C18H18N2O. The third kappa shape index (κ3) is 3.31. The van der Waals surface area contributed by atoms with E-state index >= 15 is 0 Å². The smallest absolute Gasteiger partial charge is 0.137 e. The Balaban J connectivity index is 1.65. The fourth-order valence-corrected chi connectivity index (χ4v) is 2.25. The number of imidazole rings is 1. The number of H-pyrrole nitrogens is 1. The summed E-state index contributed by atoms with van der Waals surface area (Å²) in [6.45, 7) is 2.68. The van der Waals surface area contributed by atoms with E-state index in [0.29, 0.717) is 6.61 Å². The lowest BCUT2D eigenvalue weighted by molar-refractivity contribution is 0.320. The first-order valence-electron chi connectivity index (χ1n) is 7.11. The van der Waals surface area contributed by atoms with E-state index in [9.17, 15) is 0 Å². The Labute approximate surface area is 124 Å². The normalized spacial score (nSPS) is 10.5. The van der Waals surface area contributed by atoms with Crippen LogP contribution in [-0.4, -0.2) is 16.6 Å². The van der Waals surface area contributed by atoms with Crippen LogP contribution < -0.4 is 4.74 Å². The van der Waals surface area contributed by atoms with Crippen LogP contribution in [0.4, 0.5) is 0 Å². The standard InChI is InChI=1S/C18H18N2O/c1-14-17(12-13-21-16-10-6-3-7-11-16)20-18(19-14)15-8-4-2-5-9-15/h2-11H,12-13H2,1H3,(H,19,20). The Morgan fingerprint density at radius 1 is 0.952 bits per heavy atom. The van der Waals surface area contributed by atoms with Gasteiger partial charge in [0.25, 0.3) is 0 Å². The fourth-order valence-electron chi connectivity index (χ4n) is 2.25. The molecule has 0 radical (unpaired) electrons. The van der Waals surface area contributed by atoms with Crippen molar-refractivity contribution in [3.8, 4) is 17.1 Å². The maximum Gasteiger partial charge on any atom is 0.137 e. The van der Waals surface area contributed by atoms with E-state index in [2.05, 4.69) is 29.0 Å². The summed E-state index contributed by atoms with van der Waals surface area (Å²) in [5.41, 5.74) is 3.27. The molecule has 0 bridgehead atoms. The summed E-state index contributed by atoms with van der Waals surface area (Å²) in [4.78, 5) is 8.02. The number of nitrogens with one attached hydrogen (secondary N) is 1. The highest BCUT2D eigenvalue weighted by molar-refractivity contribution is 5.55. The van der Waals surface area contributed by atoms with Crippen LogP contribution in [0.5, 0.6) is 5.75 Å². The molecule has 1 aromatic heterocycles. The molecule has 3 nitrogen and oxygen atoms in total. The summed E-state index contributed by atoms with van der Waals surface area (Å²) in [6, 6.07) is 20.0. The minimum atomic E-state index is 0.629. The number of hydrogen-bond donors (Lipinski definition) is 1. The minimum absolute atomic E-state index is 0.629. The van der Waals surface area contributed by atoms with Gasteiger partial charge in [0.05, 0.1) is 12.3 Å². The van der Waals surface area contributed by atoms with E-state index in [1.54, 1.807) is 0 Å². The Bertz CT molecular complexity index is 690. The number of benzene rings is 2. The van der Waals surface area contributed by atoms with Crippen LogP contribution in [0.1, 0.15) is 11.4 Å². The van der Waals surface area contributed by atoms with Crippen molar-refractivity contribution in [2.75, 3.05) is 6.61 Å². The molecule has 3 rings (SSSR count). The van der Waals surface area contributed by atoms with Crippen molar-refractivity contribution in [3.05, 3.63) is 72.1 Å². The quantitative estimate of drug-likeness (QED) is 0.765. The molecule has 1 N–H and O–H groups in total. The number of aromatic nitrogens is 2. The zero-order chi connectivity index (χ0) is 14.5. The second kappa shape index (κ2) is 6.27. The Morgan fingerprint density at radius 2 is 1.62 bits per heavy atom. The van der Waals surface area contributed by atoms with E-state index in [1.807, 2.05) is 48.5 Å². The monoisotopic (exact) mass is 278 g/mol. The van der Waals surface area contributed by atoms with Crippen LogP contribution in [0.3, 0.4) is 0 Å². The van der Waals surface area contributed by atoms with Gasteiger partial charge in [-0.25, -0.2) is 4.98 Å². The van der Waals surface area contributed by atoms with Crippen molar-refractivity contribution in [3.63, 3.8) is 0 Å². The van der Waals surface area contributed by atoms with E-state index in [-0.39, 0.29) is 0 Å². The molecule has 0 amide bonds. The summed E-state index contributed by atoms with van der Waals surface area (Å²) < 4.78 is 5.73. The van der Waals surface area contributed by atoms with Gasteiger partial charge in [-0.2, -0.15) is 0 Å². The predicted octanol–water partition coefficient (Wildman–Crippen LogP) is 4.01. The first-order valence-corrected chi connectivity index (χ1v) is 7.11. The van der Waals surface area contributed by atoms with Gasteiger partial charge in [0.2, 0.25) is 0 Å². The minimum Gasteiger partial charge on any atom is -0.493 e. The van der Waals surface area contributed by atoms with Crippen LogP contribution >= 0.6 is 0 Å². The SMILES string of the molecule is Cc1[nH]c(-c2ccccc2)nc1CCOc1ccccc1. The first kappa shape index (κ1) is 13.4. The molecule has 0 spiro atoms. The zero-order valence-corrected chi connectivity index (χ0v) is 12.0. The number of nitrogens with zero attached hydrogens (tertiary/aromatic N) is 1. The zero-order valence-electron chi connectivity index (χ0n) is 12.0. The van der Waals surface area contributed by atoms with Gasteiger partial charge in [-0.3, -0.25) is 0 Å². The van der Waals surface area contributed by atoms with E-state index in [4.69, 9.17) is 4.74 Å². The number of rotatable bonds is 5. The maximum atomic E-state index is 5.73. The van der Waals surface area contributed by atoms with Crippen LogP contribution in [0.15, 0.2) is 60.7 Å². The molecule has 0 saturated heterocycles. The number of aryl methyl sites for hydroxylation is 1. The van der Waals surface area contributed by atoms with Crippen molar-refractivity contribution in [2.24, 2.45) is 0 Å². The summed E-state index contributed by atoms with van der Waals surface area (Å²) in [5, 5.41) is 0. The van der Waals surface area contributed by atoms with E-state index in [1.165, 1.54) is 0 Å². The topological polar surface area (TPSA) is 37.9 Å². The molecule has 0 unspecified atom stereocenters. The number of para-hydroxylation sites is 1. The van der Waals surface area contributed by atoms with Crippen molar-refractivity contribution < 1.29 is 4.74 Å². The molecule has 3 aromatic rings. The van der Waals surface area contributed by atoms with Gasteiger partial charge in [0.1, 0.15) is 11.6 Å². The van der Waals surface area contributed by atoms with Gasteiger partial charge in [0, 0.05) is 17.7 Å². The first-order chi connectivity index (χ1) is 10.3. The molecule has 106 valence electrons. The van der Waals surface area contributed by atoms with Gasteiger partial charge in [-0.05, 0) is 19.1 Å². The van der Waals surface area contributed by atoms with E-state index in [0.717, 1.165) is 34.9 Å². The predicted molar refractivity (Wildman–Crippen MR) is 84.4 cm³/mol. The Morgan fingerprint density at radius 3 is 2.33 bits per heavy atom. The van der Waals surface area contributed by atoms with Crippen molar-refractivity contribution in [2.45, 2.75) is 13.3 Å². The maximum absolute atomic E-state index is 5.73. The molecule has 3 heteroatoms. The molecule has 21 heavy (non-hydrogen) atoms. The molecular weight excluding hydrogens is 260 g/mol. The average Bonchev–Trinajstić information content (AvgIpc) is 2.91. The molecule has 2 aromatic carbocycles. The van der Waals surface area contributed by atoms with Crippen molar-refractivity contribution >= 4 is 0 Å². The summed E-state index contributed by atoms with van der Waals surface area (Å²) >= 11 is 0. The largest absolute Gasteiger partial charge is 0.493 e. The molecule has 0 aliphatic heterocycles. The Kier molecular flexibility index (Phi) is 4.01. The summed E-state index contributed by atoms with van der Waals surface area (Å²) in [7, 11) is 0. The number of hydrogen-bond acceptors (Lipinski definition) is 2. The lowest BCUT2D eigenvalue weighted by atomic mass is 10.2. The van der Waals surface area contributed by atoms with Crippen molar-refractivity contribution in [1.29, 1.82) is 0 Å². The Hall–Kier alpha value is -2.55. The second-order valence-electron chi connectivity index (χ2n) is 4.93. The van der Waals surface area contributed by atoms with Gasteiger partial charge < -0.3 is 9.72 Å². The average molecular weight is 278 g/mol. The van der Waals surface area contributed by atoms with E-state index < -0.39 is 0 Å². The molecule has 0 atom stereocenters. The number of ether oxygens (including phenoxy) is 1. The highest BCUT2D eigenvalue weighted by atomic mass is 16.5. The molecule has 0 aliphatic rings. The van der Waals surface area contributed by atoms with Gasteiger partial charge in [-0.1, -0.05) is 48.5 Å². The number of aromatic amines is 1. The molecule has 1 heterocycles. The fraction of sp³-hybridized carbons (Fsp3) is 0.167. The third-order valence-corrected chi connectivity index (χ3v) is 3.38. The van der Waals surface area contributed by atoms with Crippen LogP contribution in [0, 0.1) is 6.92 Å². The molecule has 0 saturated carbocycles. The van der Waals surface area contributed by atoms with Crippen molar-refractivity contribution in [1.82, 2.24) is 9.97 Å². The van der Waals surface area contributed by atoms with Gasteiger partial charge in [0.15, 0.2) is 0 Å². The summed E-state index contributed by atoms with van der Waals surface area (Å²) in [6.07, 6.45) is 0.796. The van der Waals surface area contributed by atoms with Crippen LogP contribution in [0.25, 0.3) is 11.4 Å². The lowest BCUT2D eigenvalue weighted by Crippen LogP contribution is -2.02. The molecule has 0 aliphatic carbocycles. The van der Waals surface area contributed by atoms with Gasteiger partial charge in [-0.15, -0.1) is 0 Å². The van der Waals surface area contributed by atoms with Crippen LogP contribution in [-0.2, 0) is 6.42 Å². The van der Waals surface area contributed by atoms with Crippen LogP contribution in [0.2, 0.25) is 0 Å². The third-order valence-electron chi connectivity index (χ3n) is 3.38. The highest BCUT2D eigenvalue weighted by Gasteiger charge is 2.08. The summed E-state index contributed by atoms with van der Waals surface area (Å²) in [5.74, 6) is 1.82. The molecule has 0 fully saturated rings. The second-order valence-corrected chi connectivity index (χ2v) is 4.93. The highest BCUT2D eigenvalue weighted by Crippen LogP contribution is 2.18. The lowest BCUT2D eigenvalue weighted by Gasteiger charge is -2.04. The van der Waals surface area contributed by atoms with Gasteiger partial charge >= 0.3 is 0 Å².